The molecule has 0 aromatic carbocycles. The Kier molecular flexibility index (Phi) is 5.82. The summed E-state index contributed by atoms with van der Waals surface area (Å²) in [5, 5.41) is 15.3. The molecule has 0 unspecified atom stereocenters. The van der Waals surface area contributed by atoms with Crippen molar-refractivity contribution in [2.75, 3.05) is 0 Å². The Hall–Kier alpha value is -3.55. The van der Waals surface area contributed by atoms with Gasteiger partial charge in [-0.3, -0.25) is 4.98 Å². The summed E-state index contributed by atoms with van der Waals surface area (Å²) in [5.41, 5.74) is 11.4. The molecule has 0 saturated heterocycles. The van der Waals surface area contributed by atoms with E-state index in [9.17, 15) is 0 Å². The molecule has 0 bridgehead atoms. The van der Waals surface area contributed by atoms with Crippen molar-refractivity contribution in [3.8, 4) is 11.3 Å². The normalized spacial score (nSPS) is 18.6. The monoisotopic (exact) mass is 482 g/mol. The quantitative estimate of drug-likeness (QED) is 0.307. The van der Waals surface area contributed by atoms with Crippen LogP contribution in [0.4, 0.5) is 0 Å². The molecule has 6 rings (SSSR count). The Morgan fingerprint density at radius 2 is 1.92 bits per heavy atom. The van der Waals surface area contributed by atoms with Crippen molar-refractivity contribution in [1.29, 1.82) is 0 Å². The molecule has 1 fully saturated rings. The first-order valence-electron chi connectivity index (χ1n) is 13.2. The lowest BCUT2D eigenvalue weighted by Crippen LogP contribution is -2.15. The van der Waals surface area contributed by atoms with Crippen LogP contribution in [0.1, 0.15) is 85.9 Å². The maximum atomic E-state index is 5.29. The minimum absolute atomic E-state index is 0.343. The van der Waals surface area contributed by atoms with Gasteiger partial charge in [0.1, 0.15) is 6.33 Å². The maximum absolute atomic E-state index is 5.29. The molecule has 5 aromatic rings. The Bertz CT molecular complexity index is 1500. The van der Waals surface area contributed by atoms with Gasteiger partial charge in [-0.25, -0.2) is 9.50 Å². The second kappa shape index (κ2) is 9.15. The van der Waals surface area contributed by atoms with Crippen molar-refractivity contribution in [1.82, 2.24) is 40.0 Å². The lowest BCUT2D eigenvalue weighted by atomic mass is 9.78. The second-order valence-electron chi connectivity index (χ2n) is 10.7. The van der Waals surface area contributed by atoms with Crippen LogP contribution < -0.4 is 0 Å². The molecule has 0 radical (unpaired) electrons. The Morgan fingerprint density at radius 1 is 1.08 bits per heavy atom. The molecule has 0 amide bonds. The first-order valence-corrected chi connectivity index (χ1v) is 13.2. The van der Waals surface area contributed by atoms with Gasteiger partial charge in [-0.05, 0) is 87.5 Å². The van der Waals surface area contributed by atoms with E-state index in [4.69, 9.17) is 4.98 Å². The van der Waals surface area contributed by atoms with Crippen LogP contribution >= 0.6 is 0 Å². The van der Waals surface area contributed by atoms with Crippen LogP contribution in [-0.2, 0) is 6.42 Å². The van der Waals surface area contributed by atoms with E-state index in [1.54, 1.807) is 6.33 Å². The minimum atomic E-state index is 0.343. The molecule has 8 nitrogen and oxygen atoms in total. The predicted octanol–water partition coefficient (Wildman–Crippen LogP) is 6.04. The number of aryl methyl sites for hydroxylation is 2. The second-order valence-corrected chi connectivity index (χ2v) is 10.7. The number of fused-ring (bicyclic) bond motifs is 2. The summed E-state index contributed by atoms with van der Waals surface area (Å²) in [6, 6.07) is 4.48. The zero-order valence-corrected chi connectivity index (χ0v) is 21.5. The van der Waals surface area contributed by atoms with E-state index in [1.807, 2.05) is 10.7 Å². The van der Waals surface area contributed by atoms with Gasteiger partial charge in [0.15, 0.2) is 5.65 Å². The van der Waals surface area contributed by atoms with Crippen LogP contribution in [0, 0.1) is 19.8 Å². The number of rotatable bonds is 6. The van der Waals surface area contributed by atoms with Gasteiger partial charge in [0.2, 0.25) is 0 Å². The van der Waals surface area contributed by atoms with Gasteiger partial charge < -0.3 is 4.98 Å². The molecule has 5 heterocycles. The standard InChI is InChI=1S/C28H34N8/c1-16(2)25-26(22-14-36-28(29-15-31-36)18(4)17(22)3)33-24-12-11-23(32-27(24)25)20-8-5-19(6-9-20)7-10-21-13-30-35-34-21/h11-16,19-20,33H,5-10H2,1-4H3,(H,30,34,35). The first kappa shape index (κ1) is 22.9. The molecule has 36 heavy (non-hydrogen) atoms. The summed E-state index contributed by atoms with van der Waals surface area (Å²) in [6.45, 7) is 8.82. The van der Waals surface area contributed by atoms with Gasteiger partial charge in [0.25, 0.3) is 0 Å². The SMILES string of the molecule is Cc1c(-c2[nH]c3ccc(C4CCC(CCc5cn[nH]n5)CC4)nc3c2C(C)C)cn2ncnc2c1C. The Balaban J connectivity index is 1.29. The molecule has 1 aliphatic rings. The highest BCUT2D eigenvalue weighted by molar-refractivity contribution is 5.89. The third-order valence-corrected chi connectivity index (χ3v) is 8.21. The molecular weight excluding hydrogens is 448 g/mol. The lowest BCUT2D eigenvalue weighted by molar-refractivity contribution is 0.307. The van der Waals surface area contributed by atoms with Crippen molar-refractivity contribution in [2.45, 2.75) is 78.1 Å². The number of H-pyrrole nitrogens is 2. The van der Waals surface area contributed by atoms with E-state index in [1.165, 1.54) is 54.5 Å². The topological polar surface area (TPSA) is 100 Å². The summed E-state index contributed by atoms with van der Waals surface area (Å²) in [6.07, 6.45) is 12.7. The van der Waals surface area contributed by atoms with E-state index >= 15 is 0 Å². The Morgan fingerprint density at radius 3 is 2.67 bits per heavy atom. The van der Waals surface area contributed by atoms with Crippen LogP contribution in [0.25, 0.3) is 27.9 Å². The average molecular weight is 483 g/mol. The van der Waals surface area contributed by atoms with Gasteiger partial charge in [-0.15, -0.1) is 0 Å². The van der Waals surface area contributed by atoms with E-state index in [2.05, 4.69) is 76.5 Å². The maximum Gasteiger partial charge on any atom is 0.158 e. The molecule has 2 N–H and O–H groups in total. The van der Waals surface area contributed by atoms with Crippen LogP contribution in [0.3, 0.4) is 0 Å². The Labute approximate surface area is 211 Å². The highest BCUT2D eigenvalue weighted by Crippen LogP contribution is 2.40. The third-order valence-electron chi connectivity index (χ3n) is 8.21. The molecule has 1 aliphatic carbocycles. The van der Waals surface area contributed by atoms with Crippen LogP contribution in [0.15, 0.2) is 30.9 Å². The summed E-state index contributed by atoms with van der Waals surface area (Å²) in [7, 11) is 0. The highest BCUT2D eigenvalue weighted by Gasteiger charge is 2.26. The molecule has 8 heteroatoms. The van der Waals surface area contributed by atoms with Crippen molar-refractivity contribution in [3.63, 3.8) is 0 Å². The number of nitrogens with zero attached hydrogens (tertiary/aromatic N) is 6. The third kappa shape index (κ3) is 3.98. The number of pyridine rings is 2. The fraction of sp³-hybridized carbons (Fsp3) is 0.464. The van der Waals surface area contributed by atoms with E-state index in [0.29, 0.717) is 11.8 Å². The number of aromatic amines is 2. The molecule has 1 saturated carbocycles. The van der Waals surface area contributed by atoms with Crippen LogP contribution in [0.5, 0.6) is 0 Å². The fourth-order valence-corrected chi connectivity index (χ4v) is 6.00. The van der Waals surface area contributed by atoms with Crippen molar-refractivity contribution >= 4 is 16.7 Å². The van der Waals surface area contributed by atoms with Crippen molar-refractivity contribution < 1.29 is 0 Å². The van der Waals surface area contributed by atoms with Gasteiger partial charge in [-0.1, -0.05) is 13.8 Å². The van der Waals surface area contributed by atoms with E-state index in [-0.39, 0.29) is 0 Å². The molecule has 186 valence electrons. The zero-order valence-electron chi connectivity index (χ0n) is 21.5. The lowest BCUT2D eigenvalue weighted by Gasteiger charge is -2.28. The molecule has 5 aromatic heterocycles. The average Bonchev–Trinajstić information content (AvgIpc) is 3.64. The van der Waals surface area contributed by atoms with Gasteiger partial charge >= 0.3 is 0 Å². The number of hydrogen-bond acceptors (Lipinski definition) is 5. The summed E-state index contributed by atoms with van der Waals surface area (Å²) in [4.78, 5) is 13.4. The highest BCUT2D eigenvalue weighted by atomic mass is 15.3. The molecule has 0 aliphatic heterocycles. The number of aromatic nitrogens is 8. The molecular formula is C28H34N8. The van der Waals surface area contributed by atoms with E-state index in [0.717, 1.165) is 46.0 Å². The fourth-order valence-electron chi connectivity index (χ4n) is 6.00. The van der Waals surface area contributed by atoms with Gasteiger partial charge in [0, 0.05) is 28.9 Å². The smallest absolute Gasteiger partial charge is 0.158 e. The van der Waals surface area contributed by atoms with Gasteiger partial charge in [-0.2, -0.15) is 20.5 Å². The van der Waals surface area contributed by atoms with Crippen LogP contribution in [-0.4, -0.2) is 40.0 Å². The summed E-state index contributed by atoms with van der Waals surface area (Å²) < 4.78 is 1.88. The van der Waals surface area contributed by atoms with Crippen molar-refractivity contribution in [2.24, 2.45) is 5.92 Å². The largest absolute Gasteiger partial charge is 0.353 e. The first-order chi connectivity index (χ1) is 17.5. The zero-order chi connectivity index (χ0) is 24.8. The molecule has 0 spiro atoms. The summed E-state index contributed by atoms with van der Waals surface area (Å²) >= 11 is 0. The molecule has 0 atom stereocenters. The number of nitrogens with one attached hydrogen (secondary N) is 2. The summed E-state index contributed by atoms with van der Waals surface area (Å²) in [5.74, 6) is 1.64. The van der Waals surface area contributed by atoms with Gasteiger partial charge in [0.05, 0.1) is 28.6 Å². The minimum Gasteiger partial charge on any atom is -0.353 e. The number of hydrogen-bond donors (Lipinski definition) is 2. The van der Waals surface area contributed by atoms with Crippen molar-refractivity contribution in [3.05, 3.63) is 58.9 Å². The van der Waals surface area contributed by atoms with E-state index < -0.39 is 0 Å². The van der Waals surface area contributed by atoms with Crippen LogP contribution in [0.2, 0.25) is 0 Å². The predicted molar refractivity (Wildman–Crippen MR) is 141 cm³/mol.